The van der Waals surface area contributed by atoms with Gasteiger partial charge in [-0.25, -0.2) is 0 Å². The Bertz CT molecular complexity index is 23.2. The van der Waals surface area contributed by atoms with E-state index < -0.39 is 0 Å². The van der Waals surface area contributed by atoms with Crippen LogP contribution in [0.2, 0.25) is 0 Å². The summed E-state index contributed by atoms with van der Waals surface area (Å²) >= 11 is 0. The van der Waals surface area contributed by atoms with Crippen LogP contribution in [-0.4, -0.2) is 0 Å². The van der Waals surface area contributed by atoms with Gasteiger partial charge in [0, 0.05) is 0 Å². The van der Waals surface area contributed by atoms with Gasteiger partial charge in [0.2, 0.25) is 0 Å². The Morgan fingerprint density at radius 2 is 0.500 bits per heavy atom. The summed E-state index contributed by atoms with van der Waals surface area (Å²) in [4.78, 5) is 0. The minimum absolute atomic E-state index is 0. The Labute approximate surface area is 70.0 Å². The molecule has 1 aliphatic rings. The largest absolute Gasteiger partial charge is 0.269 e. The van der Waals surface area contributed by atoms with E-state index in [0.717, 1.165) is 0 Å². The van der Waals surface area contributed by atoms with Gasteiger partial charge in [0.1, 0.15) is 0 Å². The number of rotatable bonds is 0. The van der Waals surface area contributed by atoms with Crippen molar-refractivity contribution in [3.05, 3.63) is 0 Å². The molecule has 0 amide bonds. The Balaban J connectivity index is -0.00000000667. The van der Waals surface area contributed by atoms with Gasteiger partial charge in [0.15, 0.2) is 0 Å². The zero-order valence-electron chi connectivity index (χ0n) is 5.28. The molecule has 1 saturated carbocycles. The molecule has 1 rings (SSSR count). The first-order valence-electron chi connectivity index (χ1n) is 2.00. The van der Waals surface area contributed by atoms with Crippen molar-refractivity contribution < 1.29 is 18.8 Å². The van der Waals surface area contributed by atoms with E-state index in [2.05, 4.69) is 0 Å². The lowest BCUT2D eigenvalue weighted by molar-refractivity contribution is 0.504. The summed E-state index contributed by atoms with van der Waals surface area (Å²) in [7, 11) is 0. The average molecular weight is 209 g/mol. The van der Waals surface area contributed by atoms with Crippen molar-refractivity contribution in [3.8, 4) is 0 Å². The van der Waals surface area contributed by atoms with Crippen LogP contribution in [0.3, 0.4) is 0 Å². The van der Waals surface area contributed by atoms with Crippen LogP contribution in [0.15, 0.2) is 0 Å². The van der Waals surface area contributed by atoms with Crippen molar-refractivity contribution in [1.29, 1.82) is 0 Å². The molecule has 0 bridgehead atoms. The Morgan fingerprint density at radius 1 is 0.400 bits per heavy atom. The van der Waals surface area contributed by atoms with Crippen molar-refractivity contribution in [2.45, 2.75) is 25.7 Å². The monoisotopic (exact) mass is 208 g/mol. The van der Waals surface area contributed by atoms with E-state index in [9.17, 15) is 0 Å². The summed E-state index contributed by atoms with van der Waals surface area (Å²) in [5.74, 6) is 0. The highest BCUT2D eigenvalue weighted by Crippen LogP contribution is 2.15. The highest BCUT2D eigenvalue weighted by atomic mass is 35.5. The molecular formula is C4H14Cl2F4. The van der Waals surface area contributed by atoms with Crippen molar-refractivity contribution >= 4 is 24.8 Å². The van der Waals surface area contributed by atoms with Gasteiger partial charge in [-0.15, -0.1) is 24.8 Å². The smallest absolute Gasteiger partial charge is 0.0533 e. The zero-order chi connectivity index (χ0) is 2.83. The van der Waals surface area contributed by atoms with Gasteiger partial charge in [-0.3, -0.25) is 18.8 Å². The third-order valence-corrected chi connectivity index (χ3v) is 1.000. The van der Waals surface area contributed by atoms with Crippen molar-refractivity contribution in [3.63, 3.8) is 0 Å². The predicted molar refractivity (Wildman–Crippen MR) is 43.0 cm³/mol. The van der Waals surface area contributed by atoms with Crippen LogP contribution in [0.5, 0.6) is 0 Å². The number of halogens is 6. The molecule has 0 saturated heterocycles. The van der Waals surface area contributed by atoms with E-state index in [0.29, 0.717) is 0 Å². The SMILES string of the molecule is C1CCC1.Cl.Cl.F.F.F.F. The Hall–Kier alpha value is 0.300. The highest BCUT2D eigenvalue weighted by molar-refractivity contribution is 5.85. The van der Waals surface area contributed by atoms with E-state index >= 15 is 0 Å². The molecular weight excluding hydrogens is 195 g/mol. The molecule has 0 aliphatic heterocycles. The lowest BCUT2D eigenvalue weighted by Crippen LogP contribution is -1.85. The molecule has 0 aromatic heterocycles. The van der Waals surface area contributed by atoms with Gasteiger partial charge in [-0.05, 0) is 0 Å². The van der Waals surface area contributed by atoms with Gasteiger partial charge in [-0.1, -0.05) is 25.7 Å². The summed E-state index contributed by atoms with van der Waals surface area (Å²) < 4.78 is 0. The van der Waals surface area contributed by atoms with Gasteiger partial charge in [0.25, 0.3) is 0 Å². The molecule has 6 heteroatoms. The first-order chi connectivity index (χ1) is 2.00. The molecule has 0 nitrogen and oxygen atoms in total. The second kappa shape index (κ2) is 34.6. The summed E-state index contributed by atoms with van der Waals surface area (Å²) in [6, 6.07) is 0. The first kappa shape index (κ1) is 48.2. The van der Waals surface area contributed by atoms with E-state index in [-0.39, 0.29) is 43.6 Å². The van der Waals surface area contributed by atoms with Gasteiger partial charge < -0.3 is 0 Å². The molecule has 0 heterocycles. The standard InChI is InChI=1S/C4H8.2ClH.4FH/c1-2-4-3-1;;;;;;/h1-4H2;6*1H. The van der Waals surface area contributed by atoms with Crippen LogP contribution >= 0.6 is 24.8 Å². The fourth-order valence-corrected chi connectivity index (χ4v) is 0.250. The number of hydrogen-bond acceptors (Lipinski definition) is 0. The molecule has 0 unspecified atom stereocenters. The molecule has 0 aromatic carbocycles. The quantitative estimate of drug-likeness (QED) is 0.538. The second-order valence-electron chi connectivity index (χ2n) is 1.41. The Morgan fingerprint density at radius 3 is 0.500 bits per heavy atom. The maximum atomic E-state index is 1.50. The third kappa shape index (κ3) is 23.9. The van der Waals surface area contributed by atoms with Crippen LogP contribution in [0, 0.1) is 0 Å². The third-order valence-electron chi connectivity index (χ3n) is 1.000. The summed E-state index contributed by atoms with van der Waals surface area (Å²) in [6.07, 6.45) is 6.00. The van der Waals surface area contributed by atoms with Gasteiger partial charge in [-0.2, -0.15) is 0 Å². The van der Waals surface area contributed by atoms with Crippen molar-refractivity contribution in [2.24, 2.45) is 0 Å². The van der Waals surface area contributed by atoms with Crippen LogP contribution in [0.1, 0.15) is 25.7 Å². The minimum atomic E-state index is 0. The predicted octanol–water partition coefficient (Wildman–Crippen LogP) is 3.01. The van der Waals surface area contributed by atoms with Crippen molar-refractivity contribution in [2.75, 3.05) is 0 Å². The van der Waals surface area contributed by atoms with Crippen LogP contribution < -0.4 is 0 Å². The van der Waals surface area contributed by atoms with Crippen LogP contribution in [0.4, 0.5) is 18.8 Å². The molecule has 0 aromatic rings. The van der Waals surface area contributed by atoms with Crippen LogP contribution in [-0.2, 0) is 0 Å². The molecule has 0 atom stereocenters. The molecule has 0 spiro atoms. The van der Waals surface area contributed by atoms with E-state index in [1.165, 1.54) is 25.7 Å². The van der Waals surface area contributed by atoms with Gasteiger partial charge >= 0.3 is 0 Å². The summed E-state index contributed by atoms with van der Waals surface area (Å²) in [5.41, 5.74) is 0. The average Bonchev–Trinajstić information content (AvgIpc) is 0.722. The van der Waals surface area contributed by atoms with E-state index in [1.54, 1.807) is 0 Å². The van der Waals surface area contributed by atoms with E-state index in [1.807, 2.05) is 0 Å². The van der Waals surface area contributed by atoms with Gasteiger partial charge in [0.05, 0.1) is 0 Å². The highest BCUT2D eigenvalue weighted by Gasteiger charge is 1.95. The first-order valence-corrected chi connectivity index (χ1v) is 2.00. The lowest BCUT2D eigenvalue weighted by atomic mass is 10.0. The second-order valence-corrected chi connectivity index (χ2v) is 1.41. The lowest BCUT2D eigenvalue weighted by Gasteiger charge is -2.05. The molecule has 1 fully saturated rings. The topological polar surface area (TPSA) is 0 Å². The minimum Gasteiger partial charge on any atom is -0.269 e. The zero-order valence-corrected chi connectivity index (χ0v) is 6.91. The van der Waals surface area contributed by atoms with Crippen LogP contribution in [0.25, 0.3) is 0 Å². The molecule has 1 aliphatic carbocycles. The number of hydrogen-bond donors (Lipinski definition) is 0. The van der Waals surface area contributed by atoms with Crippen molar-refractivity contribution in [1.82, 2.24) is 0 Å². The fraction of sp³-hybridized carbons (Fsp3) is 1.00. The fourth-order valence-electron chi connectivity index (χ4n) is 0.250. The Kier molecular flexibility index (Phi) is 167. The summed E-state index contributed by atoms with van der Waals surface area (Å²) in [5, 5.41) is 0. The molecule has 10 heavy (non-hydrogen) atoms. The maximum absolute atomic E-state index is 1.50. The molecule has 72 valence electrons. The van der Waals surface area contributed by atoms with E-state index in [4.69, 9.17) is 0 Å². The maximum Gasteiger partial charge on any atom is -0.0533 e. The molecule has 0 N–H and O–H groups in total. The molecule has 0 radical (unpaired) electrons. The normalized spacial score (nSPS) is 9.60. The summed E-state index contributed by atoms with van der Waals surface area (Å²) in [6.45, 7) is 0.